The summed E-state index contributed by atoms with van der Waals surface area (Å²) in [7, 11) is 1.61. The number of carbonyl (C=O) groups excluding carboxylic acids is 1. The highest BCUT2D eigenvalue weighted by Gasteiger charge is 2.18. The summed E-state index contributed by atoms with van der Waals surface area (Å²) in [6.07, 6.45) is 4.84. The molecule has 104 valence electrons. The summed E-state index contributed by atoms with van der Waals surface area (Å²) in [6, 6.07) is 0.136. The zero-order chi connectivity index (χ0) is 13.4. The number of thiocarbonyl (C=S) groups is 1. The van der Waals surface area contributed by atoms with Crippen LogP contribution in [0.3, 0.4) is 0 Å². The number of methoxy groups -OCH3 is 1. The molecule has 1 saturated carbocycles. The smallest absolute Gasteiger partial charge is 0.242 e. The molecule has 0 saturated heterocycles. The van der Waals surface area contributed by atoms with Crippen LogP contribution in [0.4, 0.5) is 0 Å². The van der Waals surface area contributed by atoms with Crippen molar-refractivity contribution in [2.45, 2.75) is 44.7 Å². The SMILES string of the molecule is COCCNC(=O)C(C)NC(=S)NC1CCCC1. The molecule has 1 aliphatic rings. The van der Waals surface area contributed by atoms with E-state index >= 15 is 0 Å². The predicted molar refractivity (Wildman–Crippen MR) is 75.5 cm³/mol. The molecule has 18 heavy (non-hydrogen) atoms. The van der Waals surface area contributed by atoms with Crippen molar-refractivity contribution in [3.63, 3.8) is 0 Å². The fourth-order valence-electron chi connectivity index (χ4n) is 1.99. The van der Waals surface area contributed by atoms with Crippen molar-refractivity contribution in [3.8, 4) is 0 Å². The van der Waals surface area contributed by atoms with E-state index in [-0.39, 0.29) is 11.9 Å². The number of carbonyl (C=O) groups is 1. The Balaban J connectivity index is 2.18. The van der Waals surface area contributed by atoms with Gasteiger partial charge in [0, 0.05) is 19.7 Å². The number of nitrogens with one attached hydrogen (secondary N) is 3. The summed E-state index contributed by atoms with van der Waals surface area (Å²) in [6.45, 7) is 2.83. The van der Waals surface area contributed by atoms with Gasteiger partial charge in [-0.05, 0) is 32.0 Å². The van der Waals surface area contributed by atoms with Gasteiger partial charge in [-0.2, -0.15) is 0 Å². The van der Waals surface area contributed by atoms with Crippen LogP contribution in [0.15, 0.2) is 0 Å². The van der Waals surface area contributed by atoms with Crippen molar-refractivity contribution >= 4 is 23.2 Å². The van der Waals surface area contributed by atoms with Crippen LogP contribution in [-0.2, 0) is 9.53 Å². The van der Waals surface area contributed by atoms with E-state index in [0.717, 1.165) is 12.8 Å². The molecule has 0 aromatic carbocycles. The monoisotopic (exact) mass is 273 g/mol. The molecule has 6 heteroatoms. The van der Waals surface area contributed by atoms with Crippen LogP contribution < -0.4 is 16.0 Å². The van der Waals surface area contributed by atoms with Gasteiger partial charge in [-0.15, -0.1) is 0 Å². The Hall–Kier alpha value is -0.880. The van der Waals surface area contributed by atoms with Crippen LogP contribution in [0.25, 0.3) is 0 Å². The summed E-state index contributed by atoms with van der Waals surface area (Å²) < 4.78 is 4.87. The van der Waals surface area contributed by atoms with Gasteiger partial charge in [0.05, 0.1) is 6.61 Å². The van der Waals surface area contributed by atoms with Crippen molar-refractivity contribution in [2.24, 2.45) is 0 Å². The third kappa shape index (κ3) is 5.64. The summed E-state index contributed by atoms with van der Waals surface area (Å²) >= 11 is 5.19. The lowest BCUT2D eigenvalue weighted by Crippen LogP contribution is -2.50. The topological polar surface area (TPSA) is 62.4 Å². The summed E-state index contributed by atoms with van der Waals surface area (Å²) in [4.78, 5) is 11.7. The molecule has 0 aromatic heterocycles. The first kappa shape index (κ1) is 15.2. The molecule has 1 fully saturated rings. The Bertz CT molecular complexity index is 280. The maximum Gasteiger partial charge on any atom is 0.242 e. The standard InChI is InChI=1S/C12H23N3O2S/c1-9(11(16)13-7-8-17-2)14-12(18)15-10-5-3-4-6-10/h9-10H,3-8H2,1-2H3,(H,13,16)(H2,14,15,18). The average Bonchev–Trinajstić information content (AvgIpc) is 2.81. The van der Waals surface area contributed by atoms with Crippen LogP contribution in [0.2, 0.25) is 0 Å². The molecule has 5 nitrogen and oxygen atoms in total. The molecule has 0 aromatic rings. The highest BCUT2D eigenvalue weighted by atomic mass is 32.1. The maximum absolute atomic E-state index is 11.7. The second kappa shape index (κ2) is 8.26. The summed E-state index contributed by atoms with van der Waals surface area (Å²) in [5.74, 6) is -0.0670. The van der Waals surface area contributed by atoms with Crippen molar-refractivity contribution in [2.75, 3.05) is 20.3 Å². The second-order valence-corrected chi connectivity index (χ2v) is 5.01. The van der Waals surface area contributed by atoms with E-state index < -0.39 is 0 Å². The summed E-state index contributed by atoms with van der Waals surface area (Å²) in [5, 5.41) is 9.58. The zero-order valence-corrected chi connectivity index (χ0v) is 11.9. The van der Waals surface area contributed by atoms with Crippen LogP contribution in [0.1, 0.15) is 32.6 Å². The van der Waals surface area contributed by atoms with Gasteiger partial charge in [0.15, 0.2) is 5.11 Å². The predicted octanol–water partition coefficient (Wildman–Crippen LogP) is 0.544. The van der Waals surface area contributed by atoms with Crippen LogP contribution in [-0.4, -0.2) is 43.4 Å². The minimum atomic E-state index is -0.330. The van der Waals surface area contributed by atoms with Gasteiger partial charge in [0.1, 0.15) is 6.04 Å². The molecule has 0 aliphatic heterocycles. The lowest BCUT2D eigenvalue weighted by molar-refractivity contribution is -0.122. The molecule has 0 spiro atoms. The van der Waals surface area contributed by atoms with E-state index in [0.29, 0.717) is 24.3 Å². The van der Waals surface area contributed by atoms with Crippen molar-refractivity contribution in [3.05, 3.63) is 0 Å². The lowest BCUT2D eigenvalue weighted by atomic mass is 10.2. The molecular formula is C12H23N3O2S. The third-order valence-electron chi connectivity index (χ3n) is 3.04. The quantitative estimate of drug-likeness (QED) is 0.487. The number of hydrogen-bond acceptors (Lipinski definition) is 3. The minimum absolute atomic E-state index is 0.0670. The van der Waals surface area contributed by atoms with E-state index in [4.69, 9.17) is 17.0 Å². The fourth-order valence-corrected chi connectivity index (χ4v) is 2.33. The van der Waals surface area contributed by atoms with E-state index in [1.165, 1.54) is 12.8 Å². The first-order chi connectivity index (χ1) is 8.63. The van der Waals surface area contributed by atoms with E-state index in [2.05, 4.69) is 16.0 Å². The van der Waals surface area contributed by atoms with Crippen molar-refractivity contribution in [1.82, 2.24) is 16.0 Å². The van der Waals surface area contributed by atoms with Crippen LogP contribution >= 0.6 is 12.2 Å². The molecule has 1 rings (SSSR count). The van der Waals surface area contributed by atoms with Gasteiger partial charge in [0.25, 0.3) is 0 Å². The summed E-state index contributed by atoms with van der Waals surface area (Å²) in [5.41, 5.74) is 0. The molecule has 3 N–H and O–H groups in total. The molecule has 1 amide bonds. The van der Waals surface area contributed by atoms with E-state index in [1.54, 1.807) is 14.0 Å². The van der Waals surface area contributed by atoms with Crippen LogP contribution in [0.5, 0.6) is 0 Å². The highest BCUT2D eigenvalue weighted by Crippen LogP contribution is 2.17. The average molecular weight is 273 g/mol. The van der Waals surface area contributed by atoms with Crippen LogP contribution in [0, 0.1) is 0 Å². The number of amides is 1. The molecule has 1 aliphatic carbocycles. The Morgan fingerprint density at radius 1 is 1.44 bits per heavy atom. The molecule has 1 atom stereocenters. The van der Waals surface area contributed by atoms with E-state index in [1.807, 2.05) is 0 Å². The molecule has 0 heterocycles. The Labute approximate surface area is 114 Å². The highest BCUT2D eigenvalue weighted by molar-refractivity contribution is 7.80. The minimum Gasteiger partial charge on any atom is -0.383 e. The first-order valence-corrected chi connectivity index (χ1v) is 6.88. The fraction of sp³-hybridized carbons (Fsp3) is 0.833. The maximum atomic E-state index is 11.7. The largest absolute Gasteiger partial charge is 0.383 e. The van der Waals surface area contributed by atoms with Gasteiger partial charge >= 0.3 is 0 Å². The lowest BCUT2D eigenvalue weighted by Gasteiger charge is -2.19. The number of ether oxygens (including phenoxy) is 1. The molecule has 0 bridgehead atoms. The van der Waals surface area contributed by atoms with Crippen molar-refractivity contribution in [1.29, 1.82) is 0 Å². The van der Waals surface area contributed by atoms with Gasteiger partial charge in [-0.25, -0.2) is 0 Å². The van der Waals surface area contributed by atoms with Crippen molar-refractivity contribution < 1.29 is 9.53 Å². The van der Waals surface area contributed by atoms with E-state index in [9.17, 15) is 4.79 Å². The molecular weight excluding hydrogens is 250 g/mol. The van der Waals surface area contributed by atoms with Gasteiger partial charge in [-0.1, -0.05) is 12.8 Å². The first-order valence-electron chi connectivity index (χ1n) is 6.47. The van der Waals surface area contributed by atoms with Gasteiger partial charge in [0.2, 0.25) is 5.91 Å². The third-order valence-corrected chi connectivity index (χ3v) is 3.27. The molecule has 0 radical (unpaired) electrons. The Morgan fingerprint density at radius 2 is 2.11 bits per heavy atom. The van der Waals surface area contributed by atoms with Gasteiger partial charge in [-0.3, -0.25) is 4.79 Å². The second-order valence-electron chi connectivity index (χ2n) is 4.60. The normalized spacial score (nSPS) is 17.2. The Kier molecular flexibility index (Phi) is 6.97. The molecule has 1 unspecified atom stereocenters. The Morgan fingerprint density at radius 3 is 2.72 bits per heavy atom. The zero-order valence-electron chi connectivity index (χ0n) is 11.1. The number of rotatable bonds is 6. The van der Waals surface area contributed by atoms with Gasteiger partial charge < -0.3 is 20.7 Å². The number of hydrogen-bond donors (Lipinski definition) is 3.